The fraction of sp³-hybridized carbons (Fsp3) is 0.308. The largest absolute Gasteiger partial charge is 0.331 e. The molecule has 0 atom stereocenters. The molecule has 16 heavy (non-hydrogen) atoms. The standard InChI is InChI=1S/C13H13NOS/c1-8(2)14-7-10-9-5-3-4-6-11(9)16-12(10)13(14)15/h3-6,8H,7H2,1-2H3. The molecule has 2 aromatic rings. The van der Waals surface area contributed by atoms with E-state index in [-0.39, 0.29) is 11.9 Å². The first kappa shape index (κ1) is 9.85. The maximum Gasteiger partial charge on any atom is 0.264 e. The molecule has 0 bridgehead atoms. The highest BCUT2D eigenvalue weighted by molar-refractivity contribution is 7.21. The van der Waals surface area contributed by atoms with E-state index in [1.54, 1.807) is 11.3 Å². The zero-order chi connectivity index (χ0) is 11.3. The first-order valence-electron chi connectivity index (χ1n) is 5.50. The highest BCUT2D eigenvalue weighted by Crippen LogP contribution is 2.37. The fourth-order valence-corrected chi connectivity index (χ4v) is 3.39. The van der Waals surface area contributed by atoms with Crippen LogP contribution in [0.25, 0.3) is 10.1 Å². The summed E-state index contributed by atoms with van der Waals surface area (Å²) in [7, 11) is 0. The van der Waals surface area contributed by atoms with Gasteiger partial charge in [-0.25, -0.2) is 0 Å². The van der Waals surface area contributed by atoms with Crippen LogP contribution in [0.15, 0.2) is 24.3 Å². The first-order chi connectivity index (χ1) is 7.68. The van der Waals surface area contributed by atoms with Crippen molar-refractivity contribution in [3.05, 3.63) is 34.7 Å². The summed E-state index contributed by atoms with van der Waals surface area (Å²) in [5, 5.41) is 1.25. The molecular formula is C13H13NOS. The van der Waals surface area contributed by atoms with Gasteiger partial charge in [0.25, 0.3) is 5.91 Å². The number of thiophene rings is 1. The lowest BCUT2D eigenvalue weighted by atomic mass is 10.1. The number of benzene rings is 1. The lowest BCUT2D eigenvalue weighted by Gasteiger charge is -2.20. The summed E-state index contributed by atoms with van der Waals surface area (Å²) < 4.78 is 1.23. The zero-order valence-electron chi connectivity index (χ0n) is 9.36. The van der Waals surface area contributed by atoms with Gasteiger partial charge in [-0.05, 0) is 25.3 Å². The topological polar surface area (TPSA) is 20.3 Å². The van der Waals surface area contributed by atoms with Gasteiger partial charge in [0.15, 0.2) is 0 Å². The lowest BCUT2D eigenvalue weighted by molar-refractivity contribution is 0.0734. The van der Waals surface area contributed by atoms with Gasteiger partial charge >= 0.3 is 0 Å². The predicted molar refractivity (Wildman–Crippen MR) is 66.8 cm³/mol. The Kier molecular flexibility index (Phi) is 2.04. The van der Waals surface area contributed by atoms with Crippen molar-refractivity contribution in [1.29, 1.82) is 0 Å². The Labute approximate surface area is 98.5 Å². The quantitative estimate of drug-likeness (QED) is 0.737. The molecule has 2 heterocycles. The average Bonchev–Trinajstić information content (AvgIpc) is 2.76. The monoisotopic (exact) mass is 231 g/mol. The van der Waals surface area contributed by atoms with Gasteiger partial charge in [-0.2, -0.15) is 0 Å². The second-order valence-corrected chi connectivity index (χ2v) is 5.48. The molecule has 1 aromatic heterocycles. The number of carbonyl (C=O) groups excluding carboxylic acids is 1. The Morgan fingerprint density at radius 3 is 2.81 bits per heavy atom. The van der Waals surface area contributed by atoms with Crippen molar-refractivity contribution in [2.45, 2.75) is 26.4 Å². The Morgan fingerprint density at radius 2 is 2.06 bits per heavy atom. The van der Waals surface area contributed by atoms with Crippen LogP contribution in [-0.4, -0.2) is 16.8 Å². The van der Waals surface area contributed by atoms with E-state index >= 15 is 0 Å². The Bertz CT molecular complexity index is 570. The smallest absolute Gasteiger partial charge is 0.264 e. The number of hydrogen-bond donors (Lipinski definition) is 0. The molecule has 3 rings (SSSR count). The van der Waals surface area contributed by atoms with Gasteiger partial charge in [-0.1, -0.05) is 18.2 Å². The van der Waals surface area contributed by atoms with Crippen molar-refractivity contribution >= 4 is 27.3 Å². The van der Waals surface area contributed by atoms with Crippen LogP contribution in [0, 0.1) is 0 Å². The van der Waals surface area contributed by atoms with Gasteiger partial charge in [0.2, 0.25) is 0 Å². The molecule has 1 aliphatic rings. The summed E-state index contributed by atoms with van der Waals surface area (Å²) in [5.74, 6) is 0.200. The van der Waals surface area contributed by atoms with Crippen LogP contribution in [0.4, 0.5) is 0 Å². The van der Waals surface area contributed by atoms with Crippen molar-refractivity contribution in [2.75, 3.05) is 0 Å². The number of fused-ring (bicyclic) bond motifs is 3. The van der Waals surface area contributed by atoms with E-state index < -0.39 is 0 Å². The van der Waals surface area contributed by atoms with E-state index in [0.717, 1.165) is 11.4 Å². The minimum Gasteiger partial charge on any atom is -0.331 e. The van der Waals surface area contributed by atoms with Crippen molar-refractivity contribution in [3.63, 3.8) is 0 Å². The summed E-state index contributed by atoms with van der Waals surface area (Å²) in [5.41, 5.74) is 1.22. The Hall–Kier alpha value is -1.35. The normalized spacial score (nSPS) is 15.2. The zero-order valence-corrected chi connectivity index (χ0v) is 10.2. The van der Waals surface area contributed by atoms with Crippen LogP contribution in [0.3, 0.4) is 0 Å². The minimum atomic E-state index is 0.200. The van der Waals surface area contributed by atoms with Gasteiger partial charge in [-0.15, -0.1) is 11.3 Å². The highest BCUT2D eigenvalue weighted by atomic mass is 32.1. The second kappa shape index (κ2) is 3.32. The van der Waals surface area contributed by atoms with E-state index in [0.29, 0.717) is 0 Å². The van der Waals surface area contributed by atoms with Gasteiger partial charge in [0.05, 0.1) is 4.88 Å². The summed E-state index contributed by atoms with van der Waals surface area (Å²) in [4.78, 5) is 15.0. The van der Waals surface area contributed by atoms with Gasteiger partial charge in [-0.3, -0.25) is 4.79 Å². The lowest BCUT2D eigenvalue weighted by Crippen LogP contribution is -2.30. The third kappa shape index (κ3) is 1.21. The number of nitrogens with zero attached hydrogens (tertiary/aromatic N) is 1. The molecule has 1 aliphatic heterocycles. The fourth-order valence-electron chi connectivity index (χ4n) is 2.22. The summed E-state index contributed by atoms with van der Waals surface area (Å²) in [6, 6.07) is 8.55. The molecule has 0 saturated carbocycles. The van der Waals surface area contributed by atoms with Crippen LogP contribution in [0.5, 0.6) is 0 Å². The molecule has 0 aliphatic carbocycles. The first-order valence-corrected chi connectivity index (χ1v) is 6.31. The van der Waals surface area contributed by atoms with Crippen molar-refractivity contribution in [1.82, 2.24) is 4.90 Å². The van der Waals surface area contributed by atoms with Crippen LogP contribution < -0.4 is 0 Å². The molecule has 0 spiro atoms. The number of hydrogen-bond acceptors (Lipinski definition) is 2. The molecule has 0 unspecified atom stereocenters. The molecule has 0 saturated heterocycles. The van der Waals surface area contributed by atoms with Crippen LogP contribution >= 0.6 is 11.3 Å². The minimum absolute atomic E-state index is 0.200. The number of rotatable bonds is 1. The molecule has 82 valence electrons. The van der Waals surface area contributed by atoms with Crippen molar-refractivity contribution < 1.29 is 4.79 Å². The molecule has 1 aromatic carbocycles. The summed E-state index contributed by atoms with van der Waals surface area (Å²) >= 11 is 1.62. The van der Waals surface area contributed by atoms with E-state index in [2.05, 4.69) is 26.0 Å². The number of amides is 1. The van der Waals surface area contributed by atoms with Gasteiger partial charge < -0.3 is 4.90 Å². The maximum atomic E-state index is 12.1. The number of carbonyl (C=O) groups is 1. The van der Waals surface area contributed by atoms with E-state index in [1.165, 1.54) is 15.6 Å². The molecule has 0 radical (unpaired) electrons. The van der Waals surface area contributed by atoms with Crippen molar-refractivity contribution in [3.8, 4) is 0 Å². The van der Waals surface area contributed by atoms with E-state index in [1.807, 2.05) is 17.0 Å². The van der Waals surface area contributed by atoms with E-state index in [4.69, 9.17) is 0 Å². The molecule has 2 nitrogen and oxygen atoms in total. The molecular weight excluding hydrogens is 218 g/mol. The van der Waals surface area contributed by atoms with Crippen LogP contribution in [-0.2, 0) is 6.54 Å². The average molecular weight is 231 g/mol. The maximum absolute atomic E-state index is 12.1. The van der Waals surface area contributed by atoms with E-state index in [9.17, 15) is 4.79 Å². The Morgan fingerprint density at radius 1 is 1.31 bits per heavy atom. The molecule has 0 N–H and O–H groups in total. The Balaban J connectivity index is 2.18. The van der Waals surface area contributed by atoms with Crippen LogP contribution in [0.2, 0.25) is 0 Å². The highest BCUT2D eigenvalue weighted by Gasteiger charge is 2.32. The second-order valence-electron chi connectivity index (χ2n) is 4.43. The van der Waals surface area contributed by atoms with Gasteiger partial charge in [0, 0.05) is 22.8 Å². The van der Waals surface area contributed by atoms with Crippen LogP contribution in [0.1, 0.15) is 29.1 Å². The molecule has 1 amide bonds. The van der Waals surface area contributed by atoms with Gasteiger partial charge in [0.1, 0.15) is 0 Å². The molecule has 0 fully saturated rings. The van der Waals surface area contributed by atoms with Crippen molar-refractivity contribution in [2.24, 2.45) is 0 Å². The summed E-state index contributed by atoms with van der Waals surface area (Å²) in [6.45, 7) is 4.91. The third-order valence-corrected chi connectivity index (χ3v) is 4.31. The third-order valence-electron chi connectivity index (χ3n) is 3.11. The SMILES string of the molecule is CC(C)N1Cc2c(sc3ccccc23)C1=O. The predicted octanol–water partition coefficient (Wildman–Crippen LogP) is 3.27. The molecule has 3 heteroatoms. The summed E-state index contributed by atoms with van der Waals surface area (Å²) in [6.07, 6.45) is 0.